The number of amides is 1. The number of aromatic nitrogens is 1. The fraction of sp³-hybridized carbons (Fsp3) is 0.342. The van der Waals surface area contributed by atoms with Crippen LogP contribution in [0.2, 0.25) is 0 Å². The third-order valence-corrected chi connectivity index (χ3v) is 9.27. The second-order valence-corrected chi connectivity index (χ2v) is 13.2. The van der Waals surface area contributed by atoms with E-state index in [2.05, 4.69) is 5.32 Å². The van der Waals surface area contributed by atoms with E-state index in [9.17, 15) is 36.3 Å². The van der Waals surface area contributed by atoms with Gasteiger partial charge in [0.2, 0.25) is 5.91 Å². The number of alkyl halides is 5. The lowest BCUT2D eigenvalue weighted by molar-refractivity contribution is -0.144. The number of esters is 1. The Balaban J connectivity index is 1.57. The van der Waals surface area contributed by atoms with Gasteiger partial charge in [-0.15, -0.1) is 0 Å². The number of hydrogen-bond donors (Lipinski definition) is 1. The predicted octanol–water partition coefficient (Wildman–Crippen LogP) is 7.43. The smallest absolute Gasteiger partial charge is 0.416 e. The summed E-state index contributed by atoms with van der Waals surface area (Å²) in [5.74, 6) is -6.59. The second kappa shape index (κ2) is 14.3. The zero-order valence-electron chi connectivity index (χ0n) is 28.8. The van der Waals surface area contributed by atoms with Crippen LogP contribution in [-0.4, -0.2) is 53.5 Å². The van der Waals surface area contributed by atoms with Crippen LogP contribution in [0.25, 0.3) is 11.1 Å². The summed E-state index contributed by atoms with van der Waals surface area (Å²) in [7, 11) is 0. The largest absolute Gasteiger partial charge is 0.466 e. The average Bonchev–Trinajstić information content (AvgIpc) is 3.06. The van der Waals surface area contributed by atoms with Crippen molar-refractivity contribution in [3.63, 3.8) is 0 Å². The number of carbonyl (C=O) groups is 2. The molecular weight excluding hydrogens is 711 g/mol. The molecule has 0 radical (unpaired) electrons. The maximum atomic E-state index is 16.1. The molecule has 0 spiro atoms. The highest BCUT2D eigenvalue weighted by molar-refractivity contribution is 5.85. The van der Waals surface area contributed by atoms with Gasteiger partial charge in [0.15, 0.2) is 0 Å². The Bertz CT molecular complexity index is 2140. The maximum absolute atomic E-state index is 16.1. The summed E-state index contributed by atoms with van der Waals surface area (Å²) < 4.78 is 114. The fourth-order valence-electron chi connectivity index (χ4n) is 6.81. The molecule has 1 fully saturated rings. The first-order valence-corrected chi connectivity index (χ1v) is 16.7. The molecule has 280 valence electrons. The summed E-state index contributed by atoms with van der Waals surface area (Å²) in [6.45, 7) is 3.18. The molecule has 8 nitrogen and oxygen atoms in total. The molecule has 3 aromatic carbocycles. The van der Waals surface area contributed by atoms with Crippen LogP contribution in [0.15, 0.2) is 65.6 Å². The van der Waals surface area contributed by atoms with Gasteiger partial charge in [-0.3, -0.25) is 23.9 Å². The second-order valence-electron chi connectivity index (χ2n) is 13.2. The van der Waals surface area contributed by atoms with Gasteiger partial charge in [-0.25, -0.2) is 17.6 Å². The van der Waals surface area contributed by atoms with E-state index < -0.39 is 95.9 Å². The molecule has 4 aromatic rings. The van der Waals surface area contributed by atoms with Gasteiger partial charge in [0.05, 0.1) is 37.7 Å². The molecule has 1 amide bonds. The third kappa shape index (κ3) is 7.80. The first kappa shape index (κ1) is 37.6. The van der Waals surface area contributed by atoms with Gasteiger partial charge in [0.1, 0.15) is 29.2 Å². The molecule has 3 heterocycles. The van der Waals surface area contributed by atoms with Gasteiger partial charge < -0.3 is 14.8 Å². The molecule has 15 heteroatoms. The zero-order chi connectivity index (χ0) is 38.4. The van der Waals surface area contributed by atoms with Crippen molar-refractivity contribution in [2.75, 3.05) is 26.2 Å². The number of aryl methyl sites for hydroxylation is 2. The van der Waals surface area contributed by atoms with Crippen LogP contribution in [0.5, 0.6) is 11.5 Å². The maximum Gasteiger partial charge on any atom is 0.416 e. The van der Waals surface area contributed by atoms with Crippen LogP contribution in [-0.2, 0) is 26.9 Å². The van der Waals surface area contributed by atoms with E-state index in [0.717, 1.165) is 18.3 Å². The van der Waals surface area contributed by atoms with E-state index in [4.69, 9.17) is 9.47 Å². The Morgan fingerprint density at radius 2 is 1.74 bits per heavy atom. The van der Waals surface area contributed by atoms with E-state index in [-0.39, 0.29) is 41.8 Å². The number of rotatable bonds is 7. The van der Waals surface area contributed by atoms with Gasteiger partial charge in [0.25, 0.3) is 11.5 Å². The lowest BCUT2D eigenvalue weighted by Gasteiger charge is -2.38. The topological polar surface area (TPSA) is 89.9 Å². The van der Waals surface area contributed by atoms with E-state index in [0.29, 0.717) is 21.3 Å². The number of fused-ring (bicyclic) bond motifs is 6. The van der Waals surface area contributed by atoms with Crippen molar-refractivity contribution in [2.24, 2.45) is 0 Å². The highest BCUT2D eigenvalue weighted by atomic mass is 19.4. The highest BCUT2D eigenvalue weighted by Gasteiger charge is 2.44. The summed E-state index contributed by atoms with van der Waals surface area (Å²) in [5.41, 5.74) is -2.07. The van der Waals surface area contributed by atoms with Crippen molar-refractivity contribution in [3.05, 3.63) is 116 Å². The van der Waals surface area contributed by atoms with E-state index >= 15 is 8.78 Å². The number of ether oxygens (including phenoxy) is 2. The van der Waals surface area contributed by atoms with Crippen LogP contribution in [0.4, 0.5) is 30.7 Å². The predicted molar refractivity (Wildman–Crippen MR) is 179 cm³/mol. The Labute approximate surface area is 299 Å². The lowest BCUT2D eigenvalue weighted by atomic mass is 9.92. The number of pyridine rings is 1. The van der Waals surface area contributed by atoms with E-state index in [1.165, 1.54) is 24.0 Å². The van der Waals surface area contributed by atoms with Gasteiger partial charge in [-0.1, -0.05) is 12.1 Å². The molecule has 6 rings (SSSR count). The number of carbonyl (C=O) groups excluding carboxylic acids is 2. The molecule has 0 saturated carbocycles. The van der Waals surface area contributed by atoms with Crippen LogP contribution in [0.3, 0.4) is 0 Å². The molecule has 0 aliphatic carbocycles. The van der Waals surface area contributed by atoms with Crippen molar-refractivity contribution in [1.82, 2.24) is 14.8 Å². The van der Waals surface area contributed by atoms with Crippen LogP contribution in [0.1, 0.15) is 58.8 Å². The van der Waals surface area contributed by atoms with Crippen molar-refractivity contribution in [3.8, 4) is 22.6 Å². The number of likely N-dealkylation sites (tertiary alicyclic amines) is 1. The molecule has 1 saturated heterocycles. The number of nitrogens with one attached hydrogen (secondary N) is 1. The van der Waals surface area contributed by atoms with Gasteiger partial charge in [-0.05, 0) is 85.8 Å². The Morgan fingerprint density at radius 1 is 1.00 bits per heavy atom. The van der Waals surface area contributed by atoms with Gasteiger partial charge in [0, 0.05) is 35.5 Å². The first-order valence-electron chi connectivity index (χ1n) is 16.7. The summed E-state index contributed by atoms with van der Waals surface area (Å²) in [5, 5.41) is 2.55. The van der Waals surface area contributed by atoms with Gasteiger partial charge >= 0.3 is 12.1 Å². The number of benzene rings is 3. The van der Waals surface area contributed by atoms with E-state index in [1.807, 2.05) is 0 Å². The normalized spacial score (nSPS) is 18.3. The number of halogens is 7. The summed E-state index contributed by atoms with van der Waals surface area (Å²) in [6.07, 6.45) is -5.36. The standard InChI is InChI=1S/C38H34F7N3O5/c1-4-52-32(50)16-29-26-13-23(12-21(3)34(26)40)33-20(2)6-5-7-30(33)53-24-8-9-28(39)25(14-24)35(36(51)46-29)48-17-22(10-11-47-18-37(41,42)19-47)27(15-31(48)49)38(43,44)45/h5-9,12-15,17,29,35H,4,10-11,16,18-19H2,1-3H3,(H,46,51)/t29-,35-/m0/s1. The number of hydrogen-bond acceptors (Lipinski definition) is 6. The Hall–Kier alpha value is -5.18. The Morgan fingerprint density at radius 3 is 2.42 bits per heavy atom. The van der Waals surface area contributed by atoms with Crippen LogP contribution in [0, 0.1) is 25.5 Å². The van der Waals surface area contributed by atoms with Crippen molar-refractivity contribution in [2.45, 2.75) is 57.8 Å². The quantitative estimate of drug-likeness (QED) is 0.157. The lowest BCUT2D eigenvalue weighted by Crippen LogP contribution is -2.56. The van der Waals surface area contributed by atoms with Gasteiger partial charge in [-0.2, -0.15) is 13.2 Å². The number of nitrogens with zero attached hydrogens (tertiary/aromatic N) is 2. The zero-order valence-corrected chi connectivity index (χ0v) is 28.8. The molecule has 53 heavy (non-hydrogen) atoms. The molecular formula is C38H34F7N3O5. The van der Waals surface area contributed by atoms with Crippen molar-refractivity contribution >= 4 is 11.9 Å². The highest BCUT2D eigenvalue weighted by Crippen LogP contribution is 2.41. The minimum absolute atomic E-state index is 0.00803. The molecule has 0 unspecified atom stereocenters. The minimum Gasteiger partial charge on any atom is -0.466 e. The van der Waals surface area contributed by atoms with Crippen LogP contribution >= 0.6 is 0 Å². The molecule has 2 atom stereocenters. The summed E-state index contributed by atoms with van der Waals surface area (Å²) >= 11 is 0. The minimum atomic E-state index is -5.05. The average molecular weight is 746 g/mol. The SMILES string of the molecule is CCOC(=O)C[C@@H]1NC(=O)[C@@H](n2cc(CCN3CC(F)(F)C3)c(C(F)(F)F)cc2=O)c2cc(ccc2F)Oc2cccc(C)c2-c2cc(C)c(F)c1c2. The molecule has 1 N–H and O–H groups in total. The molecule has 1 aromatic heterocycles. The summed E-state index contributed by atoms with van der Waals surface area (Å²) in [6, 6.07) is 8.16. The molecule has 4 bridgehead atoms. The fourth-order valence-corrected chi connectivity index (χ4v) is 6.81. The van der Waals surface area contributed by atoms with E-state index in [1.54, 1.807) is 38.1 Å². The summed E-state index contributed by atoms with van der Waals surface area (Å²) in [4.78, 5) is 42.1. The monoisotopic (exact) mass is 745 g/mol. The first-order chi connectivity index (χ1) is 25.0. The Kier molecular flexibility index (Phi) is 10.2. The third-order valence-electron chi connectivity index (χ3n) is 9.27. The molecule has 2 aliphatic heterocycles. The van der Waals surface area contributed by atoms with Crippen LogP contribution < -0.4 is 15.6 Å². The molecule has 2 aliphatic rings. The van der Waals surface area contributed by atoms with Crippen molar-refractivity contribution < 1.29 is 49.8 Å². The van der Waals surface area contributed by atoms with Crippen molar-refractivity contribution in [1.29, 1.82) is 0 Å².